The molecule has 0 aliphatic heterocycles. The first kappa shape index (κ1) is 44.3. The van der Waals surface area contributed by atoms with Crippen LogP contribution in [0.15, 0.2) is 0 Å². The van der Waals surface area contributed by atoms with Crippen molar-refractivity contribution in [1.29, 1.82) is 0 Å². The Hall–Kier alpha value is -0.668. The van der Waals surface area contributed by atoms with Gasteiger partial charge in [-0.15, -0.1) is 0 Å². The van der Waals surface area contributed by atoms with Gasteiger partial charge < -0.3 is 0 Å². The van der Waals surface area contributed by atoms with Crippen LogP contribution in [0.5, 0.6) is 0 Å². The van der Waals surface area contributed by atoms with E-state index in [1.807, 2.05) is 0 Å². The van der Waals surface area contributed by atoms with Crippen molar-refractivity contribution >= 4 is 42.0 Å². The average Bonchev–Trinajstić information content (AvgIpc) is 3.02. The van der Waals surface area contributed by atoms with Crippen LogP contribution in [0.3, 0.4) is 0 Å². The number of rotatable bonds is 35. The molecule has 1 radical (unpaired) electrons. The first-order valence-corrected chi connectivity index (χ1v) is 24.3. The SMILES string of the molecule is CCCCCCCCCCCCCCCC(=O)[O][Pb]([O]C(=O)CCCCCCC)[O]C(=O)CCCCCCCCCCCCC. The summed E-state index contributed by atoms with van der Waals surface area (Å²) in [7, 11) is 0. The molecule has 0 atom stereocenters. The molecule has 0 fully saturated rings. The van der Waals surface area contributed by atoms with Crippen molar-refractivity contribution in [1.82, 2.24) is 0 Å². The van der Waals surface area contributed by atoms with E-state index >= 15 is 0 Å². The second kappa shape index (κ2) is 36.2. The molecule has 0 spiro atoms. The van der Waals surface area contributed by atoms with Gasteiger partial charge in [0.15, 0.2) is 0 Å². The van der Waals surface area contributed by atoms with Gasteiger partial charge in [0.25, 0.3) is 0 Å². The summed E-state index contributed by atoms with van der Waals surface area (Å²) in [6.07, 6.45) is 35.4. The van der Waals surface area contributed by atoms with Gasteiger partial charge in [0.05, 0.1) is 0 Å². The average molecular weight is 833 g/mol. The maximum absolute atomic E-state index is 12.6. The van der Waals surface area contributed by atoms with E-state index in [0.29, 0.717) is 0 Å². The number of carbonyl (C=O) groups is 3. The summed E-state index contributed by atoms with van der Waals surface area (Å²) in [4.78, 5) is 37.5. The quantitative estimate of drug-likeness (QED) is 0.0467. The molecule has 0 aromatic heterocycles. The molecule has 0 aliphatic carbocycles. The summed E-state index contributed by atoms with van der Waals surface area (Å²) in [6, 6.07) is 0. The van der Waals surface area contributed by atoms with Gasteiger partial charge in [-0.2, -0.15) is 0 Å². The monoisotopic (exact) mass is 834 g/mol. The van der Waals surface area contributed by atoms with Gasteiger partial charge in [0.1, 0.15) is 0 Å². The molecule has 0 bridgehead atoms. The molecule has 0 saturated carbocycles. The molecule has 6 nitrogen and oxygen atoms in total. The second-order valence-electron chi connectivity index (χ2n) is 13.1. The van der Waals surface area contributed by atoms with E-state index in [9.17, 15) is 14.4 Å². The Kier molecular flexibility index (Phi) is 35.6. The third kappa shape index (κ3) is 34.5. The standard InChI is InChI=1S/C16H32O2.C14H28O2.C8H16O2.Pb/c1-2-3-4-5-6-7-8-9-10-11-12-13-14-15-16(17)18;1-2-3-4-5-6-7-8-9-10-11-12-13-14(15)16;1-2-3-4-5-6-7-8(9)10;/h2-15H2,1H3,(H,17,18);2-13H2,1H3,(H,15,16);2-7H2,1H3,(H,9,10);/q;;;+3/p-3. The van der Waals surface area contributed by atoms with E-state index in [2.05, 4.69) is 20.8 Å². The van der Waals surface area contributed by atoms with Gasteiger partial charge in [0.2, 0.25) is 0 Å². The van der Waals surface area contributed by atoms with Crippen LogP contribution in [0.1, 0.15) is 226 Å². The Morgan fingerprint density at radius 2 is 0.489 bits per heavy atom. The molecule has 0 amide bonds. The van der Waals surface area contributed by atoms with Crippen molar-refractivity contribution in [2.45, 2.75) is 226 Å². The van der Waals surface area contributed by atoms with Crippen LogP contribution in [0.2, 0.25) is 0 Å². The summed E-state index contributed by atoms with van der Waals surface area (Å²) in [5.41, 5.74) is 0. The summed E-state index contributed by atoms with van der Waals surface area (Å²) in [6.45, 7) is 6.66. The number of unbranched alkanes of at least 4 members (excludes halogenated alkanes) is 26. The van der Waals surface area contributed by atoms with E-state index in [0.717, 1.165) is 70.6 Å². The smallest absolute Gasteiger partial charge is 0.0654 e. The van der Waals surface area contributed by atoms with Crippen molar-refractivity contribution < 1.29 is 22.4 Å². The molecule has 0 unspecified atom stereocenters. The van der Waals surface area contributed by atoms with Crippen LogP contribution in [0.4, 0.5) is 0 Å². The van der Waals surface area contributed by atoms with Gasteiger partial charge in [0, 0.05) is 0 Å². The van der Waals surface area contributed by atoms with Crippen molar-refractivity contribution in [3.63, 3.8) is 0 Å². The fourth-order valence-electron chi connectivity index (χ4n) is 5.59. The van der Waals surface area contributed by atoms with Gasteiger partial charge in [-0.3, -0.25) is 0 Å². The van der Waals surface area contributed by atoms with Crippen LogP contribution in [0, 0.1) is 0 Å². The Morgan fingerprint density at radius 1 is 0.311 bits per heavy atom. The Labute approximate surface area is 289 Å². The second-order valence-corrected chi connectivity index (χ2v) is 17.4. The zero-order valence-corrected chi connectivity index (χ0v) is 34.0. The normalized spacial score (nSPS) is 11.2. The number of hydrogen-bond donors (Lipinski definition) is 0. The Bertz CT molecular complexity index is 671. The van der Waals surface area contributed by atoms with Crippen molar-refractivity contribution in [2.75, 3.05) is 0 Å². The minimum atomic E-state index is -4.06. The molecule has 0 aliphatic rings. The van der Waals surface area contributed by atoms with E-state index in [-0.39, 0.29) is 19.3 Å². The maximum atomic E-state index is 12.6. The molecule has 0 rings (SSSR count). The predicted octanol–water partition coefficient (Wildman–Crippen LogP) is 12.1. The van der Waals surface area contributed by atoms with Gasteiger partial charge in [-0.1, -0.05) is 52.4 Å². The zero-order valence-electron chi connectivity index (χ0n) is 30.1. The predicted molar refractivity (Wildman–Crippen MR) is 189 cm³/mol. The number of carbonyl (C=O) groups excluding carboxylic acids is 3. The van der Waals surface area contributed by atoms with Gasteiger partial charge in [-0.25, -0.2) is 0 Å². The minimum absolute atomic E-state index is 0.282. The molecule has 0 saturated heterocycles. The summed E-state index contributed by atoms with van der Waals surface area (Å²) in [5.74, 6) is -1.18. The van der Waals surface area contributed by atoms with Crippen molar-refractivity contribution in [3.8, 4) is 0 Å². The molecule has 0 aromatic rings. The molecule has 45 heavy (non-hydrogen) atoms. The van der Waals surface area contributed by atoms with Crippen LogP contribution >= 0.6 is 0 Å². The molecule has 265 valence electrons. The Morgan fingerprint density at radius 3 is 0.689 bits per heavy atom. The molecule has 7 heteroatoms. The topological polar surface area (TPSA) is 78.9 Å². The zero-order chi connectivity index (χ0) is 33.1. The first-order valence-electron chi connectivity index (χ1n) is 19.5. The van der Waals surface area contributed by atoms with Gasteiger partial charge >= 0.3 is 238 Å². The third-order valence-corrected chi connectivity index (χ3v) is 13.1. The minimum Gasteiger partial charge on any atom is -0.0654 e. The van der Waals surface area contributed by atoms with Crippen molar-refractivity contribution in [2.24, 2.45) is 0 Å². The van der Waals surface area contributed by atoms with Crippen LogP contribution in [-0.4, -0.2) is 42.0 Å². The van der Waals surface area contributed by atoms with Crippen molar-refractivity contribution in [3.05, 3.63) is 0 Å². The molecule has 0 N–H and O–H groups in total. The molecule has 0 heterocycles. The third-order valence-electron chi connectivity index (χ3n) is 8.54. The van der Waals surface area contributed by atoms with Crippen LogP contribution in [0.25, 0.3) is 0 Å². The molecular formula is C38H73O6Pb. The molecular weight excluding hydrogens is 760 g/mol. The molecule has 0 aromatic carbocycles. The fraction of sp³-hybridized carbons (Fsp3) is 0.921. The van der Waals surface area contributed by atoms with E-state index in [1.165, 1.54) is 116 Å². The van der Waals surface area contributed by atoms with E-state index in [1.54, 1.807) is 0 Å². The first-order chi connectivity index (χ1) is 22.0. The summed E-state index contributed by atoms with van der Waals surface area (Å²) in [5, 5.41) is 0. The van der Waals surface area contributed by atoms with Crippen LogP contribution < -0.4 is 0 Å². The summed E-state index contributed by atoms with van der Waals surface area (Å²) >= 11 is -4.06. The number of hydrogen-bond acceptors (Lipinski definition) is 6. The van der Waals surface area contributed by atoms with E-state index in [4.69, 9.17) is 8.06 Å². The Balaban J connectivity index is 4.23. The van der Waals surface area contributed by atoms with Crippen LogP contribution in [-0.2, 0) is 22.4 Å². The van der Waals surface area contributed by atoms with Gasteiger partial charge in [-0.05, 0) is 0 Å². The van der Waals surface area contributed by atoms with E-state index < -0.39 is 42.0 Å². The summed E-state index contributed by atoms with van der Waals surface area (Å²) < 4.78 is 16.6. The fourth-order valence-corrected chi connectivity index (χ4v) is 9.43.